The Morgan fingerprint density at radius 1 is 1.25 bits per heavy atom. The standard InChI is InChI=1S/C12H17F3N2O2S/c1-8(2)17(7-12(13,14)15)20(18,19)11-5-9(3)4-10(16)6-11/h4-6,8H,7,16H2,1-3H3. The number of sulfonamides is 1. The molecule has 0 unspecified atom stereocenters. The van der Waals surface area contributed by atoms with Gasteiger partial charge in [-0.2, -0.15) is 17.5 Å². The Morgan fingerprint density at radius 2 is 1.80 bits per heavy atom. The molecule has 0 aliphatic rings. The van der Waals surface area contributed by atoms with E-state index in [1.165, 1.54) is 19.9 Å². The number of anilines is 1. The molecule has 0 amide bonds. The summed E-state index contributed by atoms with van der Waals surface area (Å²) in [5.41, 5.74) is 6.32. The second kappa shape index (κ2) is 5.61. The van der Waals surface area contributed by atoms with Gasteiger partial charge in [-0.25, -0.2) is 8.42 Å². The number of rotatable bonds is 4. The monoisotopic (exact) mass is 310 g/mol. The van der Waals surface area contributed by atoms with Crippen LogP contribution in [-0.2, 0) is 10.0 Å². The summed E-state index contributed by atoms with van der Waals surface area (Å²) in [7, 11) is -4.25. The number of nitrogen functional groups attached to an aromatic ring is 1. The molecule has 0 atom stereocenters. The number of halogens is 3. The van der Waals surface area contributed by atoms with Crippen molar-refractivity contribution in [3.05, 3.63) is 23.8 Å². The Balaban J connectivity index is 3.30. The van der Waals surface area contributed by atoms with E-state index < -0.39 is 28.8 Å². The SMILES string of the molecule is Cc1cc(N)cc(S(=O)(=O)N(CC(F)(F)F)C(C)C)c1. The van der Waals surface area contributed by atoms with E-state index in [1.54, 1.807) is 13.0 Å². The summed E-state index contributed by atoms with van der Waals surface area (Å²) in [6.07, 6.45) is -4.60. The molecule has 0 saturated heterocycles. The molecule has 0 bridgehead atoms. The number of aryl methyl sites for hydroxylation is 1. The third-order valence-corrected chi connectivity index (χ3v) is 4.59. The number of hydrogen-bond donors (Lipinski definition) is 1. The van der Waals surface area contributed by atoms with Crippen molar-refractivity contribution in [2.45, 2.75) is 37.9 Å². The van der Waals surface area contributed by atoms with Gasteiger partial charge in [0.05, 0.1) is 4.90 Å². The molecule has 0 aliphatic carbocycles. The van der Waals surface area contributed by atoms with Crippen LogP contribution in [0.4, 0.5) is 18.9 Å². The molecule has 8 heteroatoms. The normalized spacial score (nSPS) is 13.2. The van der Waals surface area contributed by atoms with E-state index in [0.717, 1.165) is 6.07 Å². The molecule has 1 aromatic carbocycles. The van der Waals surface area contributed by atoms with Gasteiger partial charge in [-0.3, -0.25) is 0 Å². The van der Waals surface area contributed by atoms with Gasteiger partial charge in [0, 0.05) is 11.7 Å². The van der Waals surface area contributed by atoms with E-state index in [0.29, 0.717) is 9.87 Å². The van der Waals surface area contributed by atoms with E-state index >= 15 is 0 Å². The Kier molecular flexibility index (Phi) is 4.70. The van der Waals surface area contributed by atoms with Gasteiger partial charge in [0.2, 0.25) is 10.0 Å². The maximum atomic E-state index is 12.5. The topological polar surface area (TPSA) is 63.4 Å². The molecule has 0 spiro atoms. The average Bonchev–Trinajstić information content (AvgIpc) is 2.22. The first-order chi connectivity index (χ1) is 8.93. The van der Waals surface area contributed by atoms with Crippen molar-refractivity contribution in [2.24, 2.45) is 0 Å². The minimum absolute atomic E-state index is 0.194. The Bertz CT molecular complexity index is 563. The van der Waals surface area contributed by atoms with E-state index in [4.69, 9.17) is 5.73 Å². The second-order valence-electron chi connectivity index (χ2n) is 4.84. The number of benzene rings is 1. The lowest BCUT2D eigenvalue weighted by Gasteiger charge is -2.27. The van der Waals surface area contributed by atoms with E-state index in [-0.39, 0.29) is 10.6 Å². The Labute approximate surface area is 116 Å². The van der Waals surface area contributed by atoms with Crippen molar-refractivity contribution in [2.75, 3.05) is 12.3 Å². The van der Waals surface area contributed by atoms with Gasteiger partial charge in [0.1, 0.15) is 6.54 Å². The molecular formula is C12H17F3N2O2S. The minimum atomic E-state index is -4.60. The zero-order chi connectivity index (χ0) is 15.7. The highest BCUT2D eigenvalue weighted by molar-refractivity contribution is 7.89. The van der Waals surface area contributed by atoms with Crippen molar-refractivity contribution in [1.29, 1.82) is 0 Å². The third kappa shape index (κ3) is 4.11. The molecular weight excluding hydrogens is 293 g/mol. The molecule has 2 N–H and O–H groups in total. The summed E-state index contributed by atoms with van der Waals surface area (Å²) in [5.74, 6) is 0. The summed E-state index contributed by atoms with van der Waals surface area (Å²) >= 11 is 0. The van der Waals surface area contributed by atoms with Crippen LogP contribution < -0.4 is 5.73 Å². The van der Waals surface area contributed by atoms with E-state index in [9.17, 15) is 21.6 Å². The maximum Gasteiger partial charge on any atom is 0.402 e. The molecule has 20 heavy (non-hydrogen) atoms. The molecule has 114 valence electrons. The van der Waals surface area contributed by atoms with Crippen molar-refractivity contribution < 1.29 is 21.6 Å². The van der Waals surface area contributed by atoms with Crippen LogP contribution in [0.1, 0.15) is 19.4 Å². The summed E-state index contributed by atoms with van der Waals surface area (Å²) in [4.78, 5) is -0.229. The fraction of sp³-hybridized carbons (Fsp3) is 0.500. The van der Waals surface area contributed by atoms with Crippen molar-refractivity contribution >= 4 is 15.7 Å². The quantitative estimate of drug-likeness (QED) is 0.869. The van der Waals surface area contributed by atoms with Gasteiger partial charge in [-0.05, 0) is 44.5 Å². The molecule has 0 aliphatic heterocycles. The molecule has 1 aromatic rings. The Morgan fingerprint density at radius 3 is 2.20 bits per heavy atom. The van der Waals surface area contributed by atoms with Crippen molar-refractivity contribution in [3.63, 3.8) is 0 Å². The smallest absolute Gasteiger partial charge is 0.399 e. The lowest BCUT2D eigenvalue weighted by Crippen LogP contribution is -2.43. The first-order valence-electron chi connectivity index (χ1n) is 5.89. The summed E-state index contributed by atoms with van der Waals surface area (Å²) in [5, 5.41) is 0. The highest BCUT2D eigenvalue weighted by atomic mass is 32.2. The fourth-order valence-electron chi connectivity index (χ4n) is 1.78. The van der Waals surface area contributed by atoms with Crippen LogP contribution in [0.5, 0.6) is 0 Å². The number of nitrogens with zero attached hydrogens (tertiary/aromatic N) is 1. The first kappa shape index (κ1) is 16.8. The predicted octanol–water partition coefficient (Wildman–Crippen LogP) is 2.54. The van der Waals surface area contributed by atoms with Crippen molar-refractivity contribution in [1.82, 2.24) is 4.31 Å². The van der Waals surface area contributed by atoms with Gasteiger partial charge in [-0.1, -0.05) is 0 Å². The van der Waals surface area contributed by atoms with Crippen LogP contribution in [0, 0.1) is 6.92 Å². The van der Waals surface area contributed by atoms with Crippen LogP contribution in [0.3, 0.4) is 0 Å². The maximum absolute atomic E-state index is 12.5. The molecule has 0 radical (unpaired) electrons. The largest absolute Gasteiger partial charge is 0.402 e. The average molecular weight is 310 g/mol. The summed E-state index contributed by atoms with van der Waals surface area (Å²) < 4.78 is 62.7. The first-order valence-corrected chi connectivity index (χ1v) is 7.33. The van der Waals surface area contributed by atoms with Gasteiger partial charge in [0.15, 0.2) is 0 Å². The highest BCUT2D eigenvalue weighted by Gasteiger charge is 2.38. The van der Waals surface area contributed by atoms with E-state index in [1.807, 2.05) is 0 Å². The van der Waals surface area contributed by atoms with Crippen LogP contribution >= 0.6 is 0 Å². The van der Waals surface area contributed by atoms with Gasteiger partial charge in [-0.15, -0.1) is 0 Å². The second-order valence-corrected chi connectivity index (χ2v) is 6.73. The summed E-state index contributed by atoms with van der Waals surface area (Å²) in [6.45, 7) is 2.88. The molecule has 1 rings (SSSR count). The third-order valence-electron chi connectivity index (χ3n) is 2.59. The highest BCUT2D eigenvalue weighted by Crippen LogP contribution is 2.26. The number of alkyl halides is 3. The van der Waals surface area contributed by atoms with Gasteiger partial charge >= 0.3 is 6.18 Å². The van der Waals surface area contributed by atoms with Crippen LogP contribution in [0.2, 0.25) is 0 Å². The minimum Gasteiger partial charge on any atom is -0.399 e. The number of nitrogens with two attached hydrogens (primary N) is 1. The lowest BCUT2D eigenvalue weighted by atomic mass is 10.2. The molecule has 0 aromatic heterocycles. The van der Waals surface area contributed by atoms with E-state index in [2.05, 4.69) is 0 Å². The van der Waals surface area contributed by atoms with Gasteiger partial charge < -0.3 is 5.73 Å². The van der Waals surface area contributed by atoms with Crippen molar-refractivity contribution in [3.8, 4) is 0 Å². The fourth-order valence-corrected chi connectivity index (χ4v) is 3.54. The lowest BCUT2D eigenvalue weighted by molar-refractivity contribution is -0.138. The molecule has 0 fully saturated rings. The zero-order valence-corrected chi connectivity index (χ0v) is 12.2. The predicted molar refractivity (Wildman–Crippen MR) is 70.7 cm³/mol. The van der Waals surface area contributed by atoms with Crippen LogP contribution in [-0.4, -0.2) is 31.5 Å². The van der Waals surface area contributed by atoms with Crippen LogP contribution in [0.15, 0.2) is 23.1 Å². The summed E-state index contributed by atoms with van der Waals surface area (Å²) in [6, 6.07) is 3.19. The Hall–Kier alpha value is -1.28. The number of hydrogen-bond acceptors (Lipinski definition) is 3. The van der Waals surface area contributed by atoms with Gasteiger partial charge in [0.25, 0.3) is 0 Å². The zero-order valence-electron chi connectivity index (χ0n) is 11.4. The molecule has 0 saturated carbocycles. The van der Waals surface area contributed by atoms with Crippen LogP contribution in [0.25, 0.3) is 0 Å². The molecule has 4 nitrogen and oxygen atoms in total. The molecule has 0 heterocycles.